The summed E-state index contributed by atoms with van der Waals surface area (Å²) in [5, 5.41) is 0. The first kappa shape index (κ1) is 29.6. The van der Waals surface area contributed by atoms with Gasteiger partial charge in [0.15, 0.2) is 0 Å². The second-order valence-corrected chi connectivity index (χ2v) is 10.4. The molecule has 0 bridgehead atoms. The highest BCUT2D eigenvalue weighted by molar-refractivity contribution is 5.94. The van der Waals surface area contributed by atoms with E-state index in [4.69, 9.17) is 0 Å². The van der Waals surface area contributed by atoms with E-state index in [1.54, 1.807) is 17.0 Å². The maximum Gasteiger partial charge on any atom is 0.416 e. The van der Waals surface area contributed by atoms with Gasteiger partial charge in [-0.25, -0.2) is 4.39 Å². The van der Waals surface area contributed by atoms with E-state index in [0.29, 0.717) is 24.2 Å². The van der Waals surface area contributed by atoms with Crippen molar-refractivity contribution < 1.29 is 35.5 Å². The average Bonchev–Trinajstić information content (AvgIpc) is 3.28. The number of benzene rings is 3. The largest absolute Gasteiger partial charge is 0.416 e. The lowest BCUT2D eigenvalue weighted by Crippen LogP contribution is -2.42. The van der Waals surface area contributed by atoms with Crippen LogP contribution in [0.4, 0.5) is 30.7 Å². The lowest BCUT2D eigenvalue weighted by Gasteiger charge is -2.32. The Kier molecular flexibility index (Phi) is 8.58. The third-order valence-electron chi connectivity index (χ3n) is 7.23. The molecule has 3 aromatic carbocycles. The summed E-state index contributed by atoms with van der Waals surface area (Å²) in [4.78, 5) is 16.9. The summed E-state index contributed by atoms with van der Waals surface area (Å²) in [5.74, 6) is -1.54. The van der Waals surface area contributed by atoms with Crippen LogP contribution in [-0.2, 0) is 18.9 Å². The molecule has 1 saturated heterocycles. The highest BCUT2D eigenvalue weighted by Gasteiger charge is 2.38. The number of hydrogen-bond donors (Lipinski definition) is 0. The van der Waals surface area contributed by atoms with Crippen LogP contribution in [0.3, 0.4) is 0 Å². The van der Waals surface area contributed by atoms with Gasteiger partial charge >= 0.3 is 12.4 Å². The van der Waals surface area contributed by atoms with Crippen LogP contribution in [0.2, 0.25) is 0 Å². The second kappa shape index (κ2) is 11.6. The van der Waals surface area contributed by atoms with Crippen LogP contribution < -0.4 is 0 Å². The number of halogens is 7. The number of carbonyl (C=O) groups is 1. The van der Waals surface area contributed by atoms with E-state index in [1.807, 2.05) is 18.7 Å². The topological polar surface area (TPSA) is 23.6 Å². The molecule has 0 aliphatic carbocycles. The molecule has 0 saturated carbocycles. The maximum absolute atomic E-state index is 13.5. The lowest BCUT2D eigenvalue weighted by molar-refractivity contribution is -0.138. The van der Waals surface area contributed by atoms with Gasteiger partial charge in [-0.2, -0.15) is 26.3 Å². The van der Waals surface area contributed by atoms with Crippen molar-refractivity contribution >= 4 is 5.91 Å². The number of alkyl halides is 6. The van der Waals surface area contributed by atoms with Crippen molar-refractivity contribution in [2.24, 2.45) is 5.92 Å². The first-order valence-electron chi connectivity index (χ1n) is 12.8. The lowest BCUT2D eigenvalue weighted by atomic mass is 9.87. The molecule has 0 aromatic heterocycles. The Bertz CT molecular complexity index is 1320. The van der Waals surface area contributed by atoms with E-state index < -0.39 is 35.2 Å². The third-order valence-corrected chi connectivity index (χ3v) is 7.23. The Morgan fingerprint density at radius 1 is 0.875 bits per heavy atom. The van der Waals surface area contributed by atoms with E-state index in [-0.39, 0.29) is 36.5 Å². The summed E-state index contributed by atoms with van der Waals surface area (Å²) in [6, 6.07) is 14.9. The summed E-state index contributed by atoms with van der Waals surface area (Å²) < 4.78 is 93.7. The van der Waals surface area contributed by atoms with Gasteiger partial charge in [-0.3, -0.25) is 9.69 Å². The molecule has 10 heteroatoms. The summed E-state index contributed by atoms with van der Waals surface area (Å²) in [6.45, 7) is 4.67. The van der Waals surface area contributed by atoms with E-state index >= 15 is 0 Å². The number of carbonyl (C=O) groups excluding carboxylic acids is 1. The molecule has 2 atom stereocenters. The van der Waals surface area contributed by atoms with Crippen LogP contribution in [0, 0.1) is 11.7 Å². The molecule has 1 heterocycles. The third kappa shape index (κ3) is 7.02. The quantitative estimate of drug-likeness (QED) is 0.275. The number of amides is 1. The van der Waals surface area contributed by atoms with E-state index in [9.17, 15) is 35.5 Å². The molecule has 1 aliphatic rings. The number of nitrogens with zero attached hydrogens (tertiary/aromatic N) is 2. The maximum atomic E-state index is 13.5. The molecule has 3 aromatic rings. The summed E-state index contributed by atoms with van der Waals surface area (Å²) in [5.41, 5.74) is -0.399. The van der Waals surface area contributed by atoms with Crippen LogP contribution >= 0.6 is 0 Å². The van der Waals surface area contributed by atoms with Crippen LogP contribution in [0.1, 0.15) is 52.4 Å². The van der Waals surface area contributed by atoms with Crippen molar-refractivity contribution in [1.29, 1.82) is 0 Å². The van der Waals surface area contributed by atoms with Crippen molar-refractivity contribution in [3.8, 4) is 0 Å². The molecule has 4 rings (SSSR count). The van der Waals surface area contributed by atoms with E-state index in [0.717, 1.165) is 24.3 Å². The number of likely N-dealkylation sites (tertiary alicyclic amines) is 1. The van der Waals surface area contributed by atoms with Crippen molar-refractivity contribution in [2.45, 2.75) is 44.7 Å². The van der Waals surface area contributed by atoms with Gasteiger partial charge in [0.1, 0.15) is 5.82 Å². The summed E-state index contributed by atoms with van der Waals surface area (Å²) in [6.07, 6.45) is -9.03. The Hall–Kier alpha value is -3.40. The molecule has 0 radical (unpaired) electrons. The molecule has 1 fully saturated rings. The zero-order chi connectivity index (χ0) is 29.2. The predicted molar refractivity (Wildman–Crippen MR) is 137 cm³/mol. The molecule has 214 valence electrons. The minimum absolute atomic E-state index is 0.170. The molecule has 0 spiro atoms. The second-order valence-electron chi connectivity index (χ2n) is 10.4. The zero-order valence-electron chi connectivity index (χ0n) is 21.9. The summed E-state index contributed by atoms with van der Waals surface area (Å²) in [7, 11) is 0. The highest BCUT2D eigenvalue weighted by Crippen LogP contribution is 2.38. The van der Waals surface area contributed by atoms with Gasteiger partial charge in [-0.1, -0.05) is 36.4 Å². The van der Waals surface area contributed by atoms with E-state index in [2.05, 4.69) is 0 Å². The van der Waals surface area contributed by atoms with Gasteiger partial charge in [0.05, 0.1) is 11.1 Å². The van der Waals surface area contributed by atoms with Crippen molar-refractivity contribution in [3.05, 3.63) is 106 Å². The molecule has 1 aliphatic heterocycles. The average molecular weight is 567 g/mol. The number of hydrogen-bond acceptors (Lipinski definition) is 2. The van der Waals surface area contributed by atoms with Gasteiger partial charge in [0, 0.05) is 43.7 Å². The molecule has 0 N–H and O–H groups in total. The predicted octanol–water partition coefficient (Wildman–Crippen LogP) is 7.63. The normalized spacial score (nSPS) is 18.4. The standard InChI is InChI=1S/C30H29F7N2O/c1-19(2)39(28(40)21-9-11-26(31)12-10-21)17-23-16-38(15-20-5-3-7-24(13-20)29(32,33)34)18-27(23)22-6-4-8-25(14-22)30(35,36)37/h3-14,19,23,27H,15-18H2,1-2H3/t23-,27-/m1/s1. The first-order chi connectivity index (χ1) is 18.7. The molecular formula is C30H29F7N2O. The Morgan fingerprint density at radius 3 is 2.08 bits per heavy atom. The molecule has 3 nitrogen and oxygen atoms in total. The highest BCUT2D eigenvalue weighted by atomic mass is 19.4. The molecule has 0 unspecified atom stereocenters. The molecule has 1 amide bonds. The van der Waals surface area contributed by atoms with Gasteiger partial charge in [-0.15, -0.1) is 0 Å². The van der Waals surface area contributed by atoms with Gasteiger partial charge in [0.25, 0.3) is 5.91 Å². The SMILES string of the molecule is CC(C)N(C[C@H]1CN(Cc2cccc(C(F)(F)F)c2)C[C@@H]1c1cccc(C(F)(F)F)c1)C(=O)c1ccc(F)cc1. The smallest absolute Gasteiger partial charge is 0.336 e. The monoisotopic (exact) mass is 566 g/mol. The minimum atomic E-state index is -4.54. The van der Waals surface area contributed by atoms with Crippen molar-refractivity contribution in [1.82, 2.24) is 9.80 Å². The van der Waals surface area contributed by atoms with Crippen molar-refractivity contribution in [2.75, 3.05) is 19.6 Å². The molecular weight excluding hydrogens is 537 g/mol. The fraction of sp³-hybridized carbons (Fsp3) is 0.367. The molecule has 40 heavy (non-hydrogen) atoms. The van der Waals surface area contributed by atoms with Gasteiger partial charge < -0.3 is 4.90 Å². The Morgan fingerprint density at radius 2 is 1.48 bits per heavy atom. The summed E-state index contributed by atoms with van der Waals surface area (Å²) >= 11 is 0. The Balaban J connectivity index is 1.64. The van der Waals surface area contributed by atoms with Crippen LogP contribution in [-0.4, -0.2) is 41.4 Å². The van der Waals surface area contributed by atoms with Gasteiger partial charge in [-0.05, 0) is 67.3 Å². The zero-order valence-corrected chi connectivity index (χ0v) is 21.9. The fourth-order valence-corrected chi connectivity index (χ4v) is 5.24. The van der Waals surface area contributed by atoms with Crippen LogP contribution in [0.5, 0.6) is 0 Å². The minimum Gasteiger partial charge on any atom is -0.336 e. The fourth-order valence-electron chi connectivity index (χ4n) is 5.24. The van der Waals surface area contributed by atoms with Crippen molar-refractivity contribution in [3.63, 3.8) is 0 Å². The van der Waals surface area contributed by atoms with E-state index in [1.165, 1.54) is 36.4 Å². The van der Waals surface area contributed by atoms with Crippen LogP contribution in [0.15, 0.2) is 72.8 Å². The Labute approximate surface area is 228 Å². The first-order valence-corrected chi connectivity index (χ1v) is 12.8. The van der Waals surface area contributed by atoms with Crippen LogP contribution in [0.25, 0.3) is 0 Å². The van der Waals surface area contributed by atoms with Gasteiger partial charge in [0.2, 0.25) is 0 Å². The number of rotatable bonds is 7.